The number of carbonyl (C=O) groups excluding carboxylic acids is 3. The van der Waals surface area contributed by atoms with Gasteiger partial charge in [-0.1, -0.05) is 121 Å². The zero-order chi connectivity index (χ0) is 48.9. The second-order valence-corrected chi connectivity index (χ2v) is 19.0. The van der Waals surface area contributed by atoms with Gasteiger partial charge in [0.15, 0.2) is 11.6 Å². The number of hydrogen-bond donors (Lipinski definition) is 3. The lowest BCUT2D eigenvalue weighted by atomic mass is 9.85. The van der Waals surface area contributed by atoms with E-state index in [0.29, 0.717) is 40.9 Å². The lowest BCUT2D eigenvalue weighted by Crippen LogP contribution is -2.24. The predicted octanol–water partition coefficient (Wildman–Crippen LogP) is 14.4. The lowest BCUT2D eigenvalue weighted by molar-refractivity contribution is 0.0975. The normalized spacial score (nSPS) is 13.0. The highest BCUT2D eigenvalue weighted by Gasteiger charge is 2.37. The number of Topliss-reactive ketones (excluding diaryl/α,β-unsaturated/α-hetero) is 1. The number of H-pyrrole nitrogens is 3. The summed E-state index contributed by atoms with van der Waals surface area (Å²) in [4.78, 5) is 55.2. The van der Waals surface area contributed by atoms with Gasteiger partial charge in [0.1, 0.15) is 11.4 Å². The highest BCUT2D eigenvalue weighted by molar-refractivity contribution is 6.35. The third-order valence-corrected chi connectivity index (χ3v) is 15.1. The number of hydrogen-bond acceptors (Lipinski definition) is 5. The van der Waals surface area contributed by atoms with Crippen LogP contribution in [0.2, 0.25) is 0 Å². The molecule has 2 aliphatic rings. The Morgan fingerprint density at radius 2 is 1.07 bits per heavy atom. The highest BCUT2D eigenvalue weighted by Crippen LogP contribution is 2.44. The van der Waals surface area contributed by atoms with Gasteiger partial charge >= 0.3 is 0 Å². The number of nitrogens with one attached hydrogen (secondary N) is 3. The fourth-order valence-corrected chi connectivity index (χ4v) is 11.8. The fraction of sp³-hybridized carbons (Fsp3) is 0.111. The van der Waals surface area contributed by atoms with Crippen LogP contribution in [0.4, 0.5) is 0 Å². The number of aromatic amines is 3. The van der Waals surface area contributed by atoms with Gasteiger partial charge in [-0.25, -0.2) is 0 Å². The summed E-state index contributed by atoms with van der Waals surface area (Å²) in [6, 6.07) is 50.2. The molecule has 72 heavy (non-hydrogen) atoms. The van der Waals surface area contributed by atoms with Crippen molar-refractivity contribution in [2.24, 2.45) is 0 Å². The van der Waals surface area contributed by atoms with Gasteiger partial charge in [-0.3, -0.25) is 19.4 Å². The molecule has 0 atom stereocenters. The van der Waals surface area contributed by atoms with E-state index in [4.69, 9.17) is 4.74 Å². The first-order chi connectivity index (χ1) is 35.2. The molecule has 0 spiro atoms. The van der Waals surface area contributed by atoms with Crippen LogP contribution in [0.1, 0.15) is 76.6 Å². The zero-order valence-electron chi connectivity index (χ0n) is 40.2. The highest BCUT2D eigenvalue weighted by atomic mass is 16.5. The molecule has 0 amide bonds. The van der Waals surface area contributed by atoms with Gasteiger partial charge in [0.2, 0.25) is 5.78 Å². The number of ether oxygens (including phenoxy) is 1. The summed E-state index contributed by atoms with van der Waals surface area (Å²) in [7, 11) is 1.75. The van der Waals surface area contributed by atoms with Crippen LogP contribution < -0.4 is 4.74 Å². The van der Waals surface area contributed by atoms with Crippen molar-refractivity contribution >= 4 is 105 Å². The number of benzene rings is 8. The van der Waals surface area contributed by atoms with Crippen LogP contribution in [0, 0.1) is 20.8 Å². The molecular formula is C63H47N5O4. The summed E-state index contributed by atoms with van der Waals surface area (Å²) in [5.74, 6) is 1.02. The molecule has 0 unspecified atom stereocenters. The molecule has 0 aliphatic heterocycles. The topological polar surface area (TPSA) is 126 Å². The molecule has 9 nitrogen and oxygen atoms in total. The molecule has 0 saturated heterocycles. The van der Waals surface area contributed by atoms with E-state index < -0.39 is 0 Å². The number of carbonyl (C=O) groups is 3. The van der Waals surface area contributed by atoms with E-state index in [2.05, 4.69) is 95.3 Å². The second kappa shape index (κ2) is 16.5. The van der Waals surface area contributed by atoms with Gasteiger partial charge in [-0.15, -0.1) is 0 Å². The molecule has 0 radical (unpaired) electrons. The van der Waals surface area contributed by atoms with Crippen LogP contribution in [0.5, 0.6) is 5.75 Å². The van der Waals surface area contributed by atoms with E-state index in [1.54, 1.807) is 13.3 Å². The Labute approximate surface area is 413 Å². The van der Waals surface area contributed by atoms with Crippen molar-refractivity contribution in [1.82, 2.24) is 24.5 Å². The largest absolute Gasteiger partial charge is 0.496 e. The van der Waals surface area contributed by atoms with Crippen molar-refractivity contribution in [3.63, 3.8) is 0 Å². The fourth-order valence-electron chi connectivity index (χ4n) is 11.8. The number of fused-ring (bicyclic) bond motifs is 19. The van der Waals surface area contributed by atoms with Crippen LogP contribution >= 0.6 is 0 Å². The van der Waals surface area contributed by atoms with Crippen molar-refractivity contribution < 1.29 is 19.1 Å². The molecule has 0 saturated carbocycles. The molecular weight excluding hydrogens is 891 g/mol. The lowest BCUT2D eigenvalue weighted by Gasteiger charge is -2.19. The molecule has 5 heterocycles. The Morgan fingerprint density at radius 3 is 1.75 bits per heavy atom. The van der Waals surface area contributed by atoms with Crippen LogP contribution in [-0.2, 0) is 13.0 Å². The Balaban J connectivity index is 0.000000108. The molecule has 3 N–H and O–H groups in total. The minimum absolute atomic E-state index is 0.120. The molecule has 348 valence electrons. The number of ketones is 3. The SMILES string of the molecule is COc1c(C)c(C)c2[nH]c3ccccc3c2c1C.O=C1CCc2c1c1c3ccccc3[nH]c1c1[nH]c3ccccc3c21.O=C1c2cnc3ccccc3c2C(=O)c2c1c1ccccc1n2Cc1ccccc1. The van der Waals surface area contributed by atoms with Crippen molar-refractivity contribution in [3.8, 4) is 5.75 Å². The third-order valence-electron chi connectivity index (χ3n) is 15.1. The summed E-state index contributed by atoms with van der Waals surface area (Å²) in [6.45, 7) is 6.92. The Morgan fingerprint density at radius 1 is 0.514 bits per heavy atom. The van der Waals surface area contributed by atoms with Gasteiger partial charge < -0.3 is 24.3 Å². The first-order valence-corrected chi connectivity index (χ1v) is 24.4. The Kier molecular flexibility index (Phi) is 9.87. The van der Waals surface area contributed by atoms with Crippen molar-refractivity contribution in [2.75, 3.05) is 7.11 Å². The molecule has 5 aromatic heterocycles. The molecule has 0 bridgehead atoms. The van der Waals surface area contributed by atoms with E-state index in [1.165, 1.54) is 54.8 Å². The number of nitrogens with zero attached hydrogens (tertiary/aromatic N) is 2. The number of para-hydroxylation sites is 5. The van der Waals surface area contributed by atoms with Gasteiger partial charge in [-0.2, -0.15) is 0 Å². The quantitative estimate of drug-likeness (QED) is 0.163. The average molecular weight is 938 g/mol. The third kappa shape index (κ3) is 6.33. The summed E-state index contributed by atoms with van der Waals surface area (Å²) < 4.78 is 7.55. The molecule has 8 aromatic carbocycles. The van der Waals surface area contributed by atoms with Gasteiger partial charge in [0.05, 0.1) is 40.3 Å². The summed E-state index contributed by atoms with van der Waals surface area (Å²) in [5, 5.41) is 8.72. The Bertz CT molecular complexity index is 4450. The summed E-state index contributed by atoms with van der Waals surface area (Å²) in [6.07, 6.45) is 2.99. The second-order valence-electron chi connectivity index (χ2n) is 19.0. The number of methoxy groups -OCH3 is 1. The molecule has 9 heteroatoms. The smallest absolute Gasteiger partial charge is 0.211 e. The summed E-state index contributed by atoms with van der Waals surface area (Å²) in [5.41, 5.74) is 17.1. The maximum Gasteiger partial charge on any atom is 0.211 e. The van der Waals surface area contributed by atoms with Crippen LogP contribution in [0.3, 0.4) is 0 Å². The van der Waals surface area contributed by atoms with Crippen LogP contribution in [-0.4, -0.2) is 49.0 Å². The predicted molar refractivity (Wildman–Crippen MR) is 290 cm³/mol. The van der Waals surface area contributed by atoms with E-state index >= 15 is 0 Å². The van der Waals surface area contributed by atoms with Crippen molar-refractivity contribution in [1.29, 1.82) is 0 Å². The van der Waals surface area contributed by atoms with E-state index in [1.807, 2.05) is 102 Å². The minimum atomic E-state index is -0.138. The van der Waals surface area contributed by atoms with Gasteiger partial charge in [0.25, 0.3) is 0 Å². The summed E-state index contributed by atoms with van der Waals surface area (Å²) >= 11 is 0. The maximum atomic E-state index is 13.8. The number of rotatable bonds is 3. The molecule has 2 aliphatic carbocycles. The zero-order valence-corrected chi connectivity index (χ0v) is 40.2. The number of aromatic nitrogens is 5. The monoisotopic (exact) mass is 937 g/mol. The minimum Gasteiger partial charge on any atom is -0.496 e. The molecule has 15 rings (SSSR count). The van der Waals surface area contributed by atoms with Gasteiger partial charge in [0, 0.05) is 101 Å². The molecule has 13 aromatic rings. The van der Waals surface area contributed by atoms with E-state index in [0.717, 1.165) is 72.4 Å². The van der Waals surface area contributed by atoms with E-state index in [-0.39, 0.29) is 17.3 Å². The van der Waals surface area contributed by atoms with Crippen molar-refractivity contribution in [3.05, 3.63) is 214 Å². The van der Waals surface area contributed by atoms with Crippen LogP contribution in [0.25, 0.3) is 87.2 Å². The van der Waals surface area contributed by atoms with Gasteiger partial charge in [-0.05, 0) is 79.8 Å². The number of pyridine rings is 1. The maximum absolute atomic E-state index is 13.8. The van der Waals surface area contributed by atoms with Crippen molar-refractivity contribution in [2.45, 2.75) is 40.2 Å². The Hall–Kier alpha value is -9.08. The standard InChI is InChI=1S/C26H16N2O2.C21H14N2O.C16H17NO/c29-25-19-14-27-20-12-6-4-10-17(20)22(19)26(30)24-23(25)18-11-5-7-13-21(18)28(24)15-16-8-2-1-3-9-16;24-16-10-9-13-17-11-5-1-3-7-14(11)22-20(17)21-19(18(13)16)12-6-2-4-8-15(12)23-21;1-9-10(2)16(18-4)11(3)14-12-7-5-6-8-13(12)17-15(9)14/h1-14H,15H2;1-8,22-23H,9-10H2;5-8,17H,1-4H3. The molecule has 0 fully saturated rings. The van der Waals surface area contributed by atoms with Crippen LogP contribution in [0.15, 0.2) is 158 Å². The first kappa shape index (κ1) is 43.0. The van der Waals surface area contributed by atoms with E-state index in [9.17, 15) is 14.4 Å². The average Bonchev–Trinajstić information content (AvgIpc) is 4.25. The number of aryl methyl sites for hydroxylation is 3. The first-order valence-electron chi connectivity index (χ1n) is 24.4.